The SMILES string of the molecule is C=C/C=C(\C=C/C)c1cc(-c2cccc(C)c2)nc(-c2cccc(-c3ccc4c(c3)C3(c5ccccc5-c5ccccc53)c3ccccc3-4)c2)n1. The second-order valence-electron chi connectivity index (χ2n) is 13.4. The topological polar surface area (TPSA) is 25.8 Å². The first-order valence-electron chi connectivity index (χ1n) is 17.6. The quantitative estimate of drug-likeness (QED) is 0.167. The van der Waals surface area contributed by atoms with Gasteiger partial charge in [-0.2, -0.15) is 0 Å². The molecule has 1 aromatic heterocycles. The monoisotopic (exact) mass is 652 g/mol. The Kier molecular flexibility index (Phi) is 7.33. The normalized spacial score (nSPS) is 13.6. The molecule has 1 heterocycles. The van der Waals surface area contributed by atoms with Crippen molar-refractivity contribution >= 4 is 5.57 Å². The van der Waals surface area contributed by atoms with Crippen LogP contribution in [-0.4, -0.2) is 9.97 Å². The smallest absolute Gasteiger partial charge is 0.160 e. The second-order valence-corrected chi connectivity index (χ2v) is 13.4. The molecule has 0 bridgehead atoms. The van der Waals surface area contributed by atoms with Gasteiger partial charge in [0, 0.05) is 11.1 Å². The molecule has 0 aliphatic heterocycles. The zero-order valence-corrected chi connectivity index (χ0v) is 28.8. The van der Waals surface area contributed by atoms with Crippen LogP contribution in [0.2, 0.25) is 0 Å². The Morgan fingerprint density at radius 1 is 0.549 bits per heavy atom. The van der Waals surface area contributed by atoms with Crippen LogP contribution in [0.15, 0.2) is 176 Å². The van der Waals surface area contributed by atoms with Gasteiger partial charge in [0.1, 0.15) is 0 Å². The maximum absolute atomic E-state index is 5.16. The van der Waals surface area contributed by atoms with Crippen molar-refractivity contribution in [1.82, 2.24) is 9.97 Å². The van der Waals surface area contributed by atoms with Gasteiger partial charge in [-0.3, -0.25) is 0 Å². The van der Waals surface area contributed by atoms with Gasteiger partial charge in [0.05, 0.1) is 16.8 Å². The van der Waals surface area contributed by atoms with E-state index in [0.717, 1.165) is 33.7 Å². The molecular weight excluding hydrogens is 617 g/mol. The summed E-state index contributed by atoms with van der Waals surface area (Å²) in [7, 11) is 0. The molecule has 0 saturated heterocycles. The van der Waals surface area contributed by atoms with Crippen LogP contribution in [0.3, 0.4) is 0 Å². The highest BCUT2D eigenvalue weighted by Gasteiger charge is 2.51. The summed E-state index contributed by atoms with van der Waals surface area (Å²) in [5.41, 5.74) is 18.5. The molecule has 0 N–H and O–H groups in total. The summed E-state index contributed by atoms with van der Waals surface area (Å²) in [6, 6.07) is 53.1. The fourth-order valence-electron chi connectivity index (χ4n) is 8.32. The maximum Gasteiger partial charge on any atom is 0.160 e. The Morgan fingerprint density at radius 3 is 1.78 bits per heavy atom. The van der Waals surface area contributed by atoms with E-state index in [-0.39, 0.29) is 5.41 Å². The highest BCUT2D eigenvalue weighted by Crippen LogP contribution is 2.63. The van der Waals surface area contributed by atoms with E-state index in [1.54, 1.807) is 0 Å². The predicted octanol–water partition coefficient (Wildman–Crippen LogP) is 12.3. The number of fused-ring (bicyclic) bond motifs is 10. The van der Waals surface area contributed by atoms with Gasteiger partial charge in [-0.15, -0.1) is 0 Å². The number of benzene rings is 6. The first-order valence-corrected chi connectivity index (χ1v) is 17.6. The molecule has 2 aliphatic carbocycles. The zero-order chi connectivity index (χ0) is 34.5. The molecule has 2 nitrogen and oxygen atoms in total. The Labute approximate surface area is 299 Å². The van der Waals surface area contributed by atoms with Gasteiger partial charge in [0.25, 0.3) is 0 Å². The summed E-state index contributed by atoms with van der Waals surface area (Å²) in [5.74, 6) is 0.689. The highest BCUT2D eigenvalue weighted by molar-refractivity contribution is 5.96. The Morgan fingerprint density at radius 2 is 1.14 bits per heavy atom. The van der Waals surface area contributed by atoms with Crippen molar-refractivity contribution in [2.75, 3.05) is 0 Å². The van der Waals surface area contributed by atoms with Crippen LogP contribution in [0.4, 0.5) is 0 Å². The predicted molar refractivity (Wildman–Crippen MR) is 212 cm³/mol. The Hall–Kier alpha value is -6.38. The standard InChI is InChI=1S/C49H36N2/c1-4-14-33(15-5-2)46-31-47(36-18-12-16-32(3)28-36)51-48(50-46)37-19-13-17-34(29-37)35-26-27-41-40-22-8-11-25-44(40)49(45(41)30-35)42-23-9-6-20-38(42)39-21-7-10-24-43(39)49/h4-31H,1H2,2-3H3/b15-5-,33-14+. The molecule has 9 rings (SSSR count). The van der Waals surface area contributed by atoms with Gasteiger partial charge in [0.15, 0.2) is 5.82 Å². The molecule has 6 aromatic carbocycles. The zero-order valence-electron chi connectivity index (χ0n) is 28.8. The van der Waals surface area contributed by atoms with Gasteiger partial charge in [-0.05, 0) is 99.3 Å². The minimum absolute atomic E-state index is 0.381. The van der Waals surface area contributed by atoms with Gasteiger partial charge < -0.3 is 0 Å². The third kappa shape index (κ3) is 4.79. The van der Waals surface area contributed by atoms with Crippen molar-refractivity contribution in [1.29, 1.82) is 0 Å². The molecule has 2 heteroatoms. The first kappa shape index (κ1) is 30.7. The minimum Gasteiger partial charge on any atom is -0.228 e. The van der Waals surface area contributed by atoms with Crippen LogP contribution >= 0.6 is 0 Å². The Balaban J connectivity index is 1.22. The van der Waals surface area contributed by atoms with Crippen molar-refractivity contribution in [3.8, 4) is 56.0 Å². The fraction of sp³-hybridized carbons (Fsp3) is 0.0612. The molecule has 242 valence electrons. The summed E-state index contributed by atoms with van der Waals surface area (Å²) in [4.78, 5) is 10.3. The van der Waals surface area contributed by atoms with E-state index < -0.39 is 0 Å². The van der Waals surface area contributed by atoms with E-state index in [9.17, 15) is 0 Å². The van der Waals surface area contributed by atoms with Gasteiger partial charge in [0.2, 0.25) is 0 Å². The van der Waals surface area contributed by atoms with E-state index in [1.165, 1.54) is 55.6 Å². The van der Waals surface area contributed by atoms with Crippen LogP contribution < -0.4 is 0 Å². The summed E-state index contributed by atoms with van der Waals surface area (Å²) >= 11 is 0. The van der Waals surface area contributed by atoms with Gasteiger partial charge in [-0.25, -0.2) is 9.97 Å². The molecule has 0 amide bonds. The van der Waals surface area contributed by atoms with Crippen LogP contribution in [-0.2, 0) is 5.41 Å². The molecule has 1 spiro atoms. The molecule has 0 unspecified atom stereocenters. The average Bonchev–Trinajstić information content (AvgIpc) is 3.65. The van der Waals surface area contributed by atoms with Gasteiger partial charge >= 0.3 is 0 Å². The van der Waals surface area contributed by atoms with Crippen LogP contribution in [0.25, 0.3) is 61.6 Å². The summed E-state index contributed by atoms with van der Waals surface area (Å²) in [5, 5.41) is 0. The number of rotatable bonds is 6. The third-order valence-electron chi connectivity index (χ3n) is 10.4. The lowest BCUT2D eigenvalue weighted by Gasteiger charge is -2.30. The fourth-order valence-corrected chi connectivity index (χ4v) is 8.32. The summed E-state index contributed by atoms with van der Waals surface area (Å²) in [6.07, 6.45) is 7.91. The van der Waals surface area contributed by atoms with Crippen LogP contribution in [0, 0.1) is 6.92 Å². The van der Waals surface area contributed by atoms with Crippen LogP contribution in [0.1, 0.15) is 40.4 Å². The van der Waals surface area contributed by atoms with E-state index >= 15 is 0 Å². The minimum atomic E-state index is -0.381. The number of aryl methyl sites for hydroxylation is 1. The molecule has 7 aromatic rings. The lowest BCUT2D eigenvalue weighted by atomic mass is 9.70. The highest BCUT2D eigenvalue weighted by atomic mass is 14.9. The number of hydrogen-bond acceptors (Lipinski definition) is 2. The largest absolute Gasteiger partial charge is 0.228 e. The van der Waals surface area contributed by atoms with Crippen LogP contribution in [0.5, 0.6) is 0 Å². The van der Waals surface area contributed by atoms with Crippen molar-refractivity contribution in [2.24, 2.45) is 0 Å². The van der Waals surface area contributed by atoms with Crippen molar-refractivity contribution in [3.05, 3.63) is 210 Å². The van der Waals surface area contributed by atoms with E-state index in [2.05, 4.69) is 165 Å². The maximum atomic E-state index is 5.16. The average molecular weight is 653 g/mol. The molecule has 51 heavy (non-hydrogen) atoms. The van der Waals surface area contributed by atoms with Crippen molar-refractivity contribution in [2.45, 2.75) is 19.3 Å². The summed E-state index contributed by atoms with van der Waals surface area (Å²) in [6.45, 7) is 8.09. The molecule has 0 saturated carbocycles. The second kappa shape index (κ2) is 12.2. The molecule has 2 aliphatic rings. The van der Waals surface area contributed by atoms with Gasteiger partial charge in [-0.1, -0.05) is 158 Å². The molecule has 0 radical (unpaired) electrons. The van der Waals surface area contributed by atoms with Crippen molar-refractivity contribution in [3.63, 3.8) is 0 Å². The number of aromatic nitrogens is 2. The van der Waals surface area contributed by atoms with Crippen molar-refractivity contribution < 1.29 is 0 Å². The Bertz CT molecular complexity index is 2520. The molecular formula is C49H36N2. The van der Waals surface area contributed by atoms with E-state index in [0.29, 0.717) is 5.82 Å². The first-order chi connectivity index (χ1) is 25.1. The number of nitrogens with zero attached hydrogens (tertiary/aromatic N) is 2. The summed E-state index contributed by atoms with van der Waals surface area (Å²) < 4.78 is 0. The third-order valence-corrected chi connectivity index (χ3v) is 10.4. The molecule has 0 fully saturated rings. The number of hydrogen-bond donors (Lipinski definition) is 0. The molecule has 0 atom stereocenters. The lowest BCUT2D eigenvalue weighted by molar-refractivity contribution is 0.794. The van der Waals surface area contributed by atoms with E-state index in [1.807, 2.05) is 25.2 Å². The number of allylic oxidation sites excluding steroid dienone is 5. The lowest BCUT2D eigenvalue weighted by Crippen LogP contribution is -2.25. The van der Waals surface area contributed by atoms with E-state index in [4.69, 9.17) is 9.97 Å².